The van der Waals surface area contributed by atoms with Crippen molar-refractivity contribution in [2.75, 3.05) is 20.2 Å². The van der Waals surface area contributed by atoms with Crippen LogP contribution in [-0.4, -0.2) is 41.2 Å². The lowest BCUT2D eigenvalue weighted by Gasteiger charge is -2.24. The number of ether oxygens (including phenoxy) is 1. The molecule has 7 heteroatoms. The average Bonchev–Trinajstić information content (AvgIpc) is 3.21. The first-order chi connectivity index (χ1) is 14.0. The van der Waals surface area contributed by atoms with E-state index in [1.165, 1.54) is 12.7 Å². The first-order valence-corrected chi connectivity index (χ1v) is 9.85. The molecule has 1 aromatic heterocycles. The fourth-order valence-electron chi connectivity index (χ4n) is 3.09. The summed E-state index contributed by atoms with van der Waals surface area (Å²) in [6.45, 7) is 3.84. The zero-order valence-electron chi connectivity index (χ0n) is 16.5. The number of carbonyl (C=O) groups excluding carboxylic acids is 1. The Morgan fingerprint density at radius 2 is 2.00 bits per heavy atom. The first-order valence-electron chi connectivity index (χ1n) is 9.48. The number of aromatic nitrogens is 2. The molecule has 0 fully saturated rings. The highest BCUT2D eigenvalue weighted by Crippen LogP contribution is 2.20. The van der Waals surface area contributed by atoms with E-state index in [-0.39, 0.29) is 11.9 Å². The molecular weight excluding hydrogens is 390 g/mol. The topological polar surface area (TPSA) is 68.5 Å². The molecule has 2 aromatic carbocycles. The Bertz CT molecular complexity index is 930. The molecule has 0 bridgehead atoms. The van der Waals surface area contributed by atoms with E-state index in [1.807, 2.05) is 37.3 Å². The predicted molar refractivity (Wildman–Crippen MR) is 111 cm³/mol. The smallest absolute Gasteiger partial charge is 0.309 e. The number of nitrogens with zero attached hydrogens (tertiary/aromatic N) is 3. The van der Waals surface area contributed by atoms with E-state index in [0.29, 0.717) is 36.2 Å². The van der Waals surface area contributed by atoms with Gasteiger partial charge in [-0.05, 0) is 17.7 Å². The van der Waals surface area contributed by atoms with Crippen molar-refractivity contribution in [3.63, 3.8) is 0 Å². The molecule has 0 saturated heterocycles. The standard InChI is InChI=1S/C22H24ClN3O3/c1-16(22(27)28-2)14-26(15-17-7-4-3-5-8-17)12-11-20-24-21(25-29-20)18-9-6-10-19(23)13-18/h3-10,13,16H,11-12,14-15H2,1-2H3. The van der Waals surface area contributed by atoms with Crippen molar-refractivity contribution in [2.45, 2.75) is 19.9 Å². The van der Waals surface area contributed by atoms with Crippen LogP contribution in [0.4, 0.5) is 0 Å². The van der Waals surface area contributed by atoms with Crippen LogP contribution in [0.2, 0.25) is 5.02 Å². The van der Waals surface area contributed by atoms with Crippen LogP contribution >= 0.6 is 11.6 Å². The van der Waals surface area contributed by atoms with E-state index in [4.69, 9.17) is 20.9 Å². The van der Waals surface area contributed by atoms with Gasteiger partial charge in [-0.2, -0.15) is 4.98 Å². The van der Waals surface area contributed by atoms with Gasteiger partial charge in [0, 0.05) is 36.6 Å². The van der Waals surface area contributed by atoms with Gasteiger partial charge < -0.3 is 9.26 Å². The van der Waals surface area contributed by atoms with Crippen LogP contribution in [0.15, 0.2) is 59.1 Å². The van der Waals surface area contributed by atoms with Crippen molar-refractivity contribution in [1.82, 2.24) is 15.0 Å². The third kappa shape index (κ3) is 6.14. The molecule has 0 aliphatic rings. The van der Waals surface area contributed by atoms with E-state index in [0.717, 1.165) is 12.1 Å². The maximum atomic E-state index is 11.9. The number of hydrogen-bond acceptors (Lipinski definition) is 6. The van der Waals surface area contributed by atoms with Gasteiger partial charge in [0.25, 0.3) is 0 Å². The summed E-state index contributed by atoms with van der Waals surface area (Å²) in [7, 11) is 1.41. The van der Waals surface area contributed by atoms with Crippen molar-refractivity contribution in [1.29, 1.82) is 0 Å². The summed E-state index contributed by atoms with van der Waals surface area (Å²) < 4.78 is 10.3. The van der Waals surface area contributed by atoms with Crippen molar-refractivity contribution in [2.24, 2.45) is 5.92 Å². The summed E-state index contributed by atoms with van der Waals surface area (Å²) in [4.78, 5) is 18.5. The number of hydrogen-bond donors (Lipinski definition) is 0. The van der Waals surface area contributed by atoms with Gasteiger partial charge >= 0.3 is 5.97 Å². The van der Waals surface area contributed by atoms with E-state index in [9.17, 15) is 4.79 Å². The van der Waals surface area contributed by atoms with Crippen LogP contribution in [0.3, 0.4) is 0 Å². The fraction of sp³-hybridized carbons (Fsp3) is 0.318. The Balaban J connectivity index is 1.66. The minimum absolute atomic E-state index is 0.218. The molecule has 1 atom stereocenters. The van der Waals surface area contributed by atoms with Gasteiger partial charge in [-0.3, -0.25) is 9.69 Å². The van der Waals surface area contributed by atoms with Crippen LogP contribution in [0.5, 0.6) is 0 Å². The van der Waals surface area contributed by atoms with Gasteiger partial charge in [-0.15, -0.1) is 0 Å². The number of rotatable bonds is 9. The Labute approximate surface area is 175 Å². The van der Waals surface area contributed by atoms with Crippen LogP contribution in [0.1, 0.15) is 18.4 Å². The number of carbonyl (C=O) groups is 1. The third-order valence-corrected chi connectivity index (χ3v) is 4.81. The monoisotopic (exact) mass is 413 g/mol. The molecule has 0 radical (unpaired) electrons. The summed E-state index contributed by atoms with van der Waals surface area (Å²) in [5.41, 5.74) is 1.99. The molecule has 152 valence electrons. The Hall–Kier alpha value is -2.70. The number of halogens is 1. The second-order valence-corrected chi connectivity index (χ2v) is 7.35. The average molecular weight is 414 g/mol. The SMILES string of the molecule is COC(=O)C(C)CN(CCc1nc(-c2cccc(Cl)c2)no1)Cc1ccccc1. The lowest BCUT2D eigenvalue weighted by Crippen LogP contribution is -2.33. The lowest BCUT2D eigenvalue weighted by molar-refractivity contribution is -0.145. The lowest BCUT2D eigenvalue weighted by atomic mass is 10.1. The van der Waals surface area contributed by atoms with E-state index < -0.39 is 0 Å². The quantitative estimate of drug-likeness (QED) is 0.488. The first kappa shape index (κ1) is 21.0. The summed E-state index contributed by atoms with van der Waals surface area (Å²) in [5, 5.41) is 4.68. The normalized spacial score (nSPS) is 12.1. The van der Waals surface area contributed by atoms with Crippen molar-refractivity contribution >= 4 is 17.6 Å². The highest BCUT2D eigenvalue weighted by molar-refractivity contribution is 6.30. The van der Waals surface area contributed by atoms with Gasteiger partial charge in [-0.1, -0.05) is 66.1 Å². The molecule has 1 heterocycles. The molecule has 3 aromatic rings. The van der Waals surface area contributed by atoms with Crippen LogP contribution in [0.25, 0.3) is 11.4 Å². The molecule has 0 amide bonds. The highest BCUT2D eigenvalue weighted by Gasteiger charge is 2.19. The molecule has 1 unspecified atom stereocenters. The second-order valence-electron chi connectivity index (χ2n) is 6.92. The van der Waals surface area contributed by atoms with E-state index in [1.54, 1.807) is 12.1 Å². The molecule has 3 rings (SSSR count). The summed E-state index contributed by atoms with van der Waals surface area (Å²) in [6, 6.07) is 17.5. The number of esters is 1. The van der Waals surface area contributed by atoms with Crippen LogP contribution in [-0.2, 0) is 22.5 Å². The number of methoxy groups -OCH3 is 1. The largest absolute Gasteiger partial charge is 0.469 e. The molecule has 6 nitrogen and oxygen atoms in total. The number of benzene rings is 2. The van der Waals surface area contributed by atoms with Crippen LogP contribution < -0.4 is 0 Å². The molecule has 0 aliphatic carbocycles. The maximum absolute atomic E-state index is 11.9. The summed E-state index contributed by atoms with van der Waals surface area (Å²) >= 11 is 6.04. The minimum Gasteiger partial charge on any atom is -0.469 e. The van der Waals surface area contributed by atoms with Gasteiger partial charge in [0.15, 0.2) is 0 Å². The minimum atomic E-state index is -0.228. The Morgan fingerprint density at radius 3 is 2.72 bits per heavy atom. The predicted octanol–water partition coefficient (Wildman–Crippen LogP) is 4.24. The van der Waals surface area contributed by atoms with Crippen LogP contribution in [0, 0.1) is 5.92 Å². The summed E-state index contributed by atoms with van der Waals surface area (Å²) in [5.74, 6) is 0.612. The van der Waals surface area contributed by atoms with Gasteiger partial charge in [0.2, 0.25) is 11.7 Å². The molecule has 29 heavy (non-hydrogen) atoms. The zero-order chi connectivity index (χ0) is 20.6. The molecule has 0 aliphatic heterocycles. The van der Waals surface area contributed by atoms with E-state index >= 15 is 0 Å². The van der Waals surface area contributed by atoms with Crippen molar-refractivity contribution in [3.8, 4) is 11.4 Å². The Morgan fingerprint density at radius 1 is 1.21 bits per heavy atom. The zero-order valence-corrected chi connectivity index (χ0v) is 17.3. The molecule has 0 N–H and O–H groups in total. The molecule has 0 saturated carbocycles. The molecule has 0 spiro atoms. The van der Waals surface area contributed by atoms with E-state index in [2.05, 4.69) is 27.2 Å². The maximum Gasteiger partial charge on any atom is 0.309 e. The van der Waals surface area contributed by atoms with Gasteiger partial charge in [0.1, 0.15) is 0 Å². The highest BCUT2D eigenvalue weighted by atomic mass is 35.5. The van der Waals surface area contributed by atoms with Gasteiger partial charge in [-0.25, -0.2) is 0 Å². The van der Waals surface area contributed by atoms with Crippen molar-refractivity contribution < 1.29 is 14.1 Å². The third-order valence-electron chi connectivity index (χ3n) is 4.58. The second kappa shape index (κ2) is 10.2. The fourth-order valence-corrected chi connectivity index (χ4v) is 3.28. The Kier molecular flexibility index (Phi) is 7.38. The van der Waals surface area contributed by atoms with Gasteiger partial charge in [0.05, 0.1) is 13.0 Å². The van der Waals surface area contributed by atoms with Crippen molar-refractivity contribution in [3.05, 3.63) is 71.1 Å². The summed E-state index contributed by atoms with van der Waals surface area (Å²) in [6.07, 6.45) is 0.578. The molecular formula is C22H24ClN3O3.